The molecule has 4 nitrogen and oxygen atoms in total. The Morgan fingerprint density at radius 1 is 1.24 bits per heavy atom. The molecule has 0 radical (unpaired) electrons. The van der Waals surface area contributed by atoms with Gasteiger partial charge >= 0.3 is 0 Å². The van der Waals surface area contributed by atoms with Crippen molar-refractivity contribution >= 4 is 11.6 Å². The Morgan fingerprint density at radius 3 is 2.47 bits per heavy atom. The van der Waals surface area contributed by atoms with Crippen molar-refractivity contribution in [1.29, 1.82) is 0 Å². The fourth-order valence-corrected chi connectivity index (χ4v) is 1.65. The molecule has 0 aromatic carbocycles. The molecule has 0 N–H and O–H groups in total. The molecular formula is C12H15ClN4. The van der Waals surface area contributed by atoms with Gasteiger partial charge in [0, 0.05) is 18.7 Å². The molecule has 90 valence electrons. The number of halogens is 1. The molecule has 0 bridgehead atoms. The fourth-order valence-electron chi connectivity index (χ4n) is 1.47. The van der Waals surface area contributed by atoms with Crippen molar-refractivity contribution < 1.29 is 0 Å². The van der Waals surface area contributed by atoms with E-state index >= 15 is 0 Å². The molecule has 0 amide bonds. The van der Waals surface area contributed by atoms with Crippen LogP contribution in [0.25, 0.3) is 11.4 Å². The molecule has 0 fully saturated rings. The van der Waals surface area contributed by atoms with Gasteiger partial charge in [-0.1, -0.05) is 32.4 Å². The topological polar surface area (TPSA) is 43.6 Å². The van der Waals surface area contributed by atoms with E-state index in [1.54, 1.807) is 16.9 Å². The Bertz CT molecular complexity index is 540. The minimum absolute atomic E-state index is 0.0520. The average molecular weight is 251 g/mol. The molecule has 0 saturated carbocycles. The van der Waals surface area contributed by atoms with Gasteiger partial charge < -0.3 is 0 Å². The minimum atomic E-state index is -0.0520. The predicted octanol–water partition coefficient (Wildman–Crippen LogP) is 2.83. The highest BCUT2D eigenvalue weighted by atomic mass is 35.5. The maximum absolute atomic E-state index is 6.03. The summed E-state index contributed by atoms with van der Waals surface area (Å²) in [6.07, 6.45) is 3.61. The molecule has 5 heteroatoms. The van der Waals surface area contributed by atoms with E-state index in [4.69, 9.17) is 11.6 Å². The Balaban J connectivity index is 2.52. The smallest absolute Gasteiger partial charge is 0.164 e. The molecule has 0 atom stereocenters. The SMILES string of the molecule is Cn1cc(-c2nc(Cl)cc(C(C)(C)C)n2)cn1. The van der Waals surface area contributed by atoms with E-state index in [-0.39, 0.29) is 5.41 Å². The predicted molar refractivity (Wildman–Crippen MR) is 67.9 cm³/mol. The lowest BCUT2D eigenvalue weighted by atomic mass is 9.92. The summed E-state index contributed by atoms with van der Waals surface area (Å²) in [4.78, 5) is 8.77. The van der Waals surface area contributed by atoms with E-state index in [0.29, 0.717) is 11.0 Å². The lowest BCUT2D eigenvalue weighted by Crippen LogP contribution is -2.14. The van der Waals surface area contributed by atoms with Crippen LogP contribution >= 0.6 is 11.6 Å². The van der Waals surface area contributed by atoms with Crippen LogP contribution in [0.2, 0.25) is 5.15 Å². The molecule has 0 unspecified atom stereocenters. The monoisotopic (exact) mass is 250 g/mol. The van der Waals surface area contributed by atoms with Gasteiger partial charge in [-0.05, 0) is 6.07 Å². The van der Waals surface area contributed by atoms with Crippen LogP contribution in [0.5, 0.6) is 0 Å². The van der Waals surface area contributed by atoms with Gasteiger partial charge in [-0.3, -0.25) is 4.68 Å². The molecule has 2 rings (SSSR count). The Labute approximate surface area is 106 Å². The van der Waals surface area contributed by atoms with Gasteiger partial charge in [-0.15, -0.1) is 0 Å². The lowest BCUT2D eigenvalue weighted by Gasteiger charge is -2.18. The second kappa shape index (κ2) is 4.11. The first kappa shape index (κ1) is 12.0. The first-order chi connectivity index (χ1) is 7.86. The summed E-state index contributed by atoms with van der Waals surface area (Å²) in [5, 5.41) is 4.57. The van der Waals surface area contributed by atoms with Crippen molar-refractivity contribution in [2.24, 2.45) is 7.05 Å². The standard InChI is InChI=1S/C12H15ClN4/c1-12(2,3)9-5-10(13)16-11(15-9)8-6-14-17(4)7-8/h5-7H,1-4H3. The molecule has 2 heterocycles. The molecule has 17 heavy (non-hydrogen) atoms. The van der Waals surface area contributed by atoms with Crippen LogP contribution in [0.1, 0.15) is 26.5 Å². The third-order valence-corrected chi connectivity index (χ3v) is 2.62. The molecule has 0 saturated heterocycles. The van der Waals surface area contributed by atoms with Gasteiger partial charge in [0.05, 0.1) is 17.5 Å². The second-order valence-electron chi connectivity index (χ2n) is 5.05. The van der Waals surface area contributed by atoms with E-state index in [9.17, 15) is 0 Å². The van der Waals surface area contributed by atoms with Crippen LogP contribution in [-0.4, -0.2) is 19.7 Å². The van der Waals surface area contributed by atoms with E-state index in [0.717, 1.165) is 11.3 Å². The van der Waals surface area contributed by atoms with Gasteiger partial charge in [-0.2, -0.15) is 5.10 Å². The number of aryl methyl sites for hydroxylation is 1. The first-order valence-electron chi connectivity index (χ1n) is 5.40. The highest BCUT2D eigenvalue weighted by Crippen LogP contribution is 2.25. The van der Waals surface area contributed by atoms with Crippen molar-refractivity contribution in [3.05, 3.63) is 29.3 Å². The molecule has 0 aliphatic rings. The Hall–Kier alpha value is -1.42. The summed E-state index contributed by atoms with van der Waals surface area (Å²) >= 11 is 6.03. The van der Waals surface area contributed by atoms with Crippen molar-refractivity contribution in [2.75, 3.05) is 0 Å². The summed E-state index contributed by atoms with van der Waals surface area (Å²) in [6, 6.07) is 1.81. The van der Waals surface area contributed by atoms with Crippen molar-refractivity contribution in [3.63, 3.8) is 0 Å². The third kappa shape index (κ3) is 2.64. The Morgan fingerprint density at radius 2 is 1.94 bits per heavy atom. The van der Waals surface area contributed by atoms with E-state index in [1.807, 2.05) is 13.2 Å². The van der Waals surface area contributed by atoms with Gasteiger partial charge in [-0.25, -0.2) is 9.97 Å². The van der Waals surface area contributed by atoms with E-state index in [1.165, 1.54) is 0 Å². The van der Waals surface area contributed by atoms with Crippen LogP contribution in [0.4, 0.5) is 0 Å². The average Bonchev–Trinajstić information content (AvgIpc) is 2.62. The normalized spacial score (nSPS) is 11.8. The molecule has 2 aromatic rings. The summed E-state index contributed by atoms with van der Waals surface area (Å²) in [7, 11) is 1.86. The maximum atomic E-state index is 6.03. The summed E-state index contributed by atoms with van der Waals surface area (Å²) in [6.45, 7) is 6.29. The van der Waals surface area contributed by atoms with Crippen LogP contribution in [-0.2, 0) is 12.5 Å². The number of nitrogens with zero attached hydrogens (tertiary/aromatic N) is 4. The van der Waals surface area contributed by atoms with Gasteiger partial charge in [0.1, 0.15) is 5.15 Å². The fraction of sp³-hybridized carbons (Fsp3) is 0.417. The number of hydrogen-bond acceptors (Lipinski definition) is 3. The third-order valence-electron chi connectivity index (χ3n) is 2.43. The van der Waals surface area contributed by atoms with E-state index in [2.05, 4.69) is 35.8 Å². The molecule has 0 aliphatic carbocycles. The molecule has 0 spiro atoms. The number of rotatable bonds is 1. The minimum Gasteiger partial charge on any atom is -0.275 e. The van der Waals surface area contributed by atoms with Crippen molar-refractivity contribution in [1.82, 2.24) is 19.7 Å². The van der Waals surface area contributed by atoms with Gasteiger partial charge in [0.2, 0.25) is 0 Å². The van der Waals surface area contributed by atoms with Crippen LogP contribution in [0.3, 0.4) is 0 Å². The molecule has 2 aromatic heterocycles. The second-order valence-corrected chi connectivity index (χ2v) is 5.44. The van der Waals surface area contributed by atoms with Crippen molar-refractivity contribution in [2.45, 2.75) is 26.2 Å². The van der Waals surface area contributed by atoms with Crippen LogP contribution < -0.4 is 0 Å². The highest BCUT2D eigenvalue weighted by Gasteiger charge is 2.18. The maximum Gasteiger partial charge on any atom is 0.164 e. The quantitative estimate of drug-likeness (QED) is 0.731. The summed E-state index contributed by atoms with van der Waals surface area (Å²) < 4.78 is 1.72. The molecular weight excluding hydrogens is 236 g/mol. The lowest BCUT2D eigenvalue weighted by molar-refractivity contribution is 0.568. The number of aromatic nitrogens is 4. The van der Waals surface area contributed by atoms with Crippen molar-refractivity contribution in [3.8, 4) is 11.4 Å². The summed E-state index contributed by atoms with van der Waals surface area (Å²) in [5.74, 6) is 0.621. The van der Waals surface area contributed by atoms with Crippen LogP contribution in [0.15, 0.2) is 18.5 Å². The van der Waals surface area contributed by atoms with Crippen LogP contribution in [0, 0.1) is 0 Å². The molecule has 0 aliphatic heterocycles. The van der Waals surface area contributed by atoms with E-state index < -0.39 is 0 Å². The Kier molecular flexibility index (Phi) is 2.91. The first-order valence-corrected chi connectivity index (χ1v) is 5.78. The zero-order valence-corrected chi connectivity index (χ0v) is 11.2. The zero-order chi connectivity index (χ0) is 12.6. The van der Waals surface area contributed by atoms with Gasteiger partial charge in [0.25, 0.3) is 0 Å². The zero-order valence-electron chi connectivity index (χ0n) is 10.4. The summed E-state index contributed by atoms with van der Waals surface area (Å²) in [5.41, 5.74) is 1.75. The largest absolute Gasteiger partial charge is 0.275 e. The number of hydrogen-bond donors (Lipinski definition) is 0. The highest BCUT2D eigenvalue weighted by molar-refractivity contribution is 6.29. The van der Waals surface area contributed by atoms with Gasteiger partial charge in [0.15, 0.2) is 5.82 Å².